The molecule has 2 atom stereocenters. The predicted octanol–water partition coefficient (Wildman–Crippen LogP) is 3.92. The first-order valence-corrected chi connectivity index (χ1v) is 10.4. The highest BCUT2D eigenvalue weighted by molar-refractivity contribution is 9.10. The number of nitrogens with one attached hydrogen (secondary N) is 1. The van der Waals surface area contributed by atoms with Crippen molar-refractivity contribution in [2.24, 2.45) is 0 Å². The van der Waals surface area contributed by atoms with Crippen molar-refractivity contribution in [3.63, 3.8) is 0 Å². The number of hydrogen-bond acceptors (Lipinski definition) is 6. The molecule has 0 radical (unpaired) electrons. The lowest BCUT2D eigenvalue weighted by Gasteiger charge is -2.15. The zero-order valence-corrected chi connectivity index (χ0v) is 18.6. The summed E-state index contributed by atoms with van der Waals surface area (Å²) in [6, 6.07) is 9.27. The van der Waals surface area contributed by atoms with Gasteiger partial charge in [-0.25, -0.2) is 13.8 Å². The molecule has 1 aliphatic carbocycles. The molecule has 1 aromatic carbocycles. The highest BCUT2D eigenvalue weighted by Crippen LogP contribution is 2.56. The summed E-state index contributed by atoms with van der Waals surface area (Å²) in [4.78, 5) is 21.4. The van der Waals surface area contributed by atoms with Crippen molar-refractivity contribution in [1.82, 2.24) is 25.1 Å². The van der Waals surface area contributed by atoms with Crippen LogP contribution in [0.4, 0.5) is 8.78 Å². The number of benzene rings is 1. The van der Waals surface area contributed by atoms with Crippen LogP contribution in [0.15, 0.2) is 41.0 Å². The summed E-state index contributed by atoms with van der Waals surface area (Å²) in [5, 5.41) is 16.0. The topological polar surface area (TPSA) is 106 Å². The van der Waals surface area contributed by atoms with E-state index in [2.05, 4.69) is 36.3 Å². The summed E-state index contributed by atoms with van der Waals surface area (Å²) >= 11 is 3.29. The molecule has 0 bridgehead atoms. The molecule has 164 valence electrons. The van der Waals surface area contributed by atoms with Crippen LogP contribution in [0.1, 0.15) is 52.6 Å². The van der Waals surface area contributed by atoms with Crippen LogP contribution in [0.5, 0.6) is 6.01 Å². The van der Waals surface area contributed by atoms with E-state index in [4.69, 9.17) is 10.00 Å². The van der Waals surface area contributed by atoms with Gasteiger partial charge in [-0.2, -0.15) is 14.9 Å². The minimum atomic E-state index is -2.73. The Labute approximate surface area is 190 Å². The van der Waals surface area contributed by atoms with E-state index in [1.165, 1.54) is 24.1 Å². The molecule has 0 saturated heterocycles. The second kappa shape index (κ2) is 8.27. The molecular formula is C21H17BrF2N6O2. The Morgan fingerprint density at radius 3 is 2.75 bits per heavy atom. The van der Waals surface area contributed by atoms with Gasteiger partial charge in [-0.1, -0.05) is 15.9 Å². The molecule has 1 aliphatic rings. The molecule has 3 aromatic rings. The van der Waals surface area contributed by atoms with E-state index in [9.17, 15) is 13.6 Å². The minimum Gasteiger partial charge on any atom is -0.466 e. The maximum Gasteiger partial charge on any atom is 0.335 e. The van der Waals surface area contributed by atoms with Crippen LogP contribution in [-0.4, -0.2) is 38.7 Å². The number of nitrogens with zero attached hydrogens (tertiary/aromatic N) is 5. The van der Waals surface area contributed by atoms with E-state index < -0.39 is 23.8 Å². The third-order valence-electron chi connectivity index (χ3n) is 5.03. The Morgan fingerprint density at radius 1 is 1.41 bits per heavy atom. The largest absolute Gasteiger partial charge is 0.466 e. The molecule has 1 unspecified atom stereocenters. The van der Waals surface area contributed by atoms with Crippen LogP contribution in [0.2, 0.25) is 0 Å². The average molecular weight is 503 g/mol. The number of nitriles is 1. The monoisotopic (exact) mass is 502 g/mol. The number of alkyl halides is 2. The fourth-order valence-electron chi connectivity index (χ4n) is 3.28. The van der Waals surface area contributed by atoms with Crippen LogP contribution in [-0.2, 0) is 0 Å². The molecule has 32 heavy (non-hydrogen) atoms. The van der Waals surface area contributed by atoms with Gasteiger partial charge in [-0.05, 0) is 42.8 Å². The number of halogens is 3. The summed E-state index contributed by atoms with van der Waals surface area (Å²) in [7, 11) is 1.41. The summed E-state index contributed by atoms with van der Waals surface area (Å²) in [5.41, 5.74) is 1.04. The molecule has 1 amide bonds. The van der Waals surface area contributed by atoms with Crippen LogP contribution < -0.4 is 10.1 Å². The van der Waals surface area contributed by atoms with Gasteiger partial charge in [0, 0.05) is 22.7 Å². The first kappa shape index (κ1) is 21.8. The molecule has 1 fully saturated rings. The van der Waals surface area contributed by atoms with Gasteiger partial charge in [0.05, 0.1) is 24.6 Å². The van der Waals surface area contributed by atoms with Gasteiger partial charge < -0.3 is 10.1 Å². The number of amides is 1. The lowest BCUT2D eigenvalue weighted by Crippen LogP contribution is -2.29. The quantitative estimate of drug-likeness (QED) is 0.547. The van der Waals surface area contributed by atoms with Gasteiger partial charge in [0.15, 0.2) is 11.6 Å². The Balaban J connectivity index is 1.59. The molecule has 0 spiro atoms. The van der Waals surface area contributed by atoms with Crippen molar-refractivity contribution in [3.05, 3.63) is 63.5 Å². The molecule has 11 heteroatoms. The van der Waals surface area contributed by atoms with Crippen LogP contribution in [0.25, 0.3) is 5.82 Å². The molecule has 1 saturated carbocycles. The zero-order chi connectivity index (χ0) is 23.0. The number of hydrogen-bond donors (Lipinski definition) is 1. The number of aromatic nitrogens is 4. The number of rotatable bonds is 6. The third-order valence-corrected chi connectivity index (χ3v) is 5.49. The maximum atomic E-state index is 13.5. The Kier molecular flexibility index (Phi) is 5.64. The second-order valence-corrected chi connectivity index (χ2v) is 8.29. The van der Waals surface area contributed by atoms with Crippen molar-refractivity contribution in [1.29, 1.82) is 5.26 Å². The molecule has 1 N–H and O–H groups in total. The lowest BCUT2D eigenvalue weighted by atomic mass is 10.1. The predicted molar refractivity (Wildman–Crippen MR) is 113 cm³/mol. The lowest BCUT2D eigenvalue weighted by molar-refractivity contribution is 0.0936. The van der Waals surface area contributed by atoms with Crippen molar-refractivity contribution < 1.29 is 18.3 Å². The normalized spacial score (nSPS) is 17.3. The number of carbonyl (C=O) groups is 1. The average Bonchev–Trinajstić information content (AvgIpc) is 3.21. The van der Waals surface area contributed by atoms with Gasteiger partial charge in [-0.3, -0.25) is 4.79 Å². The van der Waals surface area contributed by atoms with Crippen LogP contribution in [0, 0.1) is 11.3 Å². The van der Waals surface area contributed by atoms with Crippen molar-refractivity contribution >= 4 is 21.8 Å². The Bertz CT molecular complexity index is 1220. The van der Waals surface area contributed by atoms with Gasteiger partial charge in [0.2, 0.25) is 0 Å². The molecule has 0 aliphatic heterocycles. The van der Waals surface area contributed by atoms with E-state index in [0.717, 1.165) is 0 Å². The Morgan fingerprint density at radius 2 is 2.16 bits per heavy atom. The Hall–Kier alpha value is -3.39. The first-order chi connectivity index (χ1) is 15.2. The highest BCUT2D eigenvalue weighted by Gasteiger charge is 2.57. The van der Waals surface area contributed by atoms with E-state index in [0.29, 0.717) is 27.2 Å². The molecule has 4 rings (SSSR count). The fourth-order valence-corrected chi connectivity index (χ4v) is 3.79. The summed E-state index contributed by atoms with van der Waals surface area (Å²) in [6.07, 6.45) is 1.18. The highest BCUT2D eigenvalue weighted by atomic mass is 79.9. The van der Waals surface area contributed by atoms with Gasteiger partial charge >= 0.3 is 6.01 Å². The van der Waals surface area contributed by atoms with Crippen molar-refractivity contribution in [2.75, 3.05) is 7.11 Å². The summed E-state index contributed by atoms with van der Waals surface area (Å²) in [5.74, 6) is -3.33. The SMILES string of the molecule is COc1nc([C@H](C)NC(=O)c2cc(Br)cc(C3CC3(F)F)c2)n(-c2ccc(C#N)cn2)n1. The van der Waals surface area contributed by atoms with E-state index in [1.807, 2.05) is 6.07 Å². The molecular weight excluding hydrogens is 486 g/mol. The second-order valence-electron chi connectivity index (χ2n) is 7.37. The smallest absolute Gasteiger partial charge is 0.335 e. The van der Waals surface area contributed by atoms with Crippen molar-refractivity contribution in [3.8, 4) is 17.9 Å². The minimum absolute atomic E-state index is 0.0768. The maximum absolute atomic E-state index is 13.5. The zero-order valence-electron chi connectivity index (χ0n) is 17.0. The number of carbonyl (C=O) groups excluding carboxylic acids is 1. The van der Waals surface area contributed by atoms with Gasteiger partial charge in [-0.15, -0.1) is 5.10 Å². The molecule has 2 aromatic heterocycles. The van der Waals surface area contributed by atoms with Crippen molar-refractivity contribution in [2.45, 2.75) is 31.2 Å². The van der Waals surface area contributed by atoms with Gasteiger partial charge in [0.1, 0.15) is 6.07 Å². The van der Waals surface area contributed by atoms with Crippen LogP contribution in [0.3, 0.4) is 0 Å². The van der Waals surface area contributed by atoms with E-state index >= 15 is 0 Å². The number of methoxy groups -OCH3 is 1. The fraction of sp³-hybridized carbons (Fsp3) is 0.286. The van der Waals surface area contributed by atoms with Gasteiger partial charge in [0.25, 0.3) is 11.8 Å². The number of ether oxygens (including phenoxy) is 1. The molecule has 2 heterocycles. The third kappa shape index (κ3) is 4.31. The van der Waals surface area contributed by atoms with Crippen LogP contribution >= 0.6 is 15.9 Å². The number of pyridine rings is 1. The molecule has 8 nitrogen and oxygen atoms in total. The van der Waals surface area contributed by atoms with E-state index in [1.54, 1.807) is 31.2 Å². The van der Waals surface area contributed by atoms with E-state index in [-0.39, 0.29) is 18.0 Å². The summed E-state index contributed by atoms with van der Waals surface area (Å²) < 4.78 is 34.1. The first-order valence-electron chi connectivity index (χ1n) is 9.58. The summed E-state index contributed by atoms with van der Waals surface area (Å²) in [6.45, 7) is 1.70. The standard InChI is InChI=1S/C21H17BrF2N6O2/c1-11(18-28-20(32-2)29-30(18)17-4-3-12(9-25)10-26-17)27-19(31)14-5-13(6-15(22)7-14)16-8-21(16,23)24/h3-7,10-11,16H,8H2,1-2H3,(H,27,31)/t11-,16?/m0/s1.